The molecule has 0 aromatic carbocycles. The molecule has 1 saturated heterocycles. The lowest BCUT2D eigenvalue weighted by Crippen LogP contribution is -2.39. The monoisotopic (exact) mass is 378 g/mol. The van der Waals surface area contributed by atoms with E-state index in [4.69, 9.17) is 0 Å². The summed E-state index contributed by atoms with van der Waals surface area (Å²) < 4.78 is 0. The zero-order valence-electron chi connectivity index (χ0n) is 16.3. The van der Waals surface area contributed by atoms with E-state index < -0.39 is 0 Å². The van der Waals surface area contributed by atoms with Crippen LogP contribution in [0.25, 0.3) is 0 Å². The van der Waals surface area contributed by atoms with E-state index >= 15 is 0 Å². The number of fused-ring (bicyclic) bond motifs is 1. The van der Waals surface area contributed by atoms with Crippen molar-refractivity contribution in [2.24, 2.45) is 5.92 Å². The highest BCUT2D eigenvalue weighted by Gasteiger charge is 2.28. The van der Waals surface area contributed by atoms with Crippen LogP contribution in [0, 0.1) is 5.92 Å². The maximum absolute atomic E-state index is 12.5. The number of piperidine rings is 1. The first-order chi connectivity index (χ1) is 12.6. The third-order valence-corrected chi connectivity index (χ3v) is 7.34. The topological polar surface area (TPSA) is 40.6 Å². The third kappa shape index (κ3) is 5.28. The van der Waals surface area contributed by atoms with Crippen LogP contribution >= 0.6 is 11.8 Å². The highest BCUT2D eigenvalue weighted by molar-refractivity contribution is 8.13. The Morgan fingerprint density at radius 2 is 1.96 bits per heavy atom. The van der Waals surface area contributed by atoms with Crippen molar-refractivity contribution in [1.29, 1.82) is 0 Å². The van der Waals surface area contributed by atoms with Gasteiger partial charge in [0.1, 0.15) is 0 Å². The largest absolute Gasteiger partial charge is 0.343 e. The SMILES string of the molecule is CN(C(=O)CCCSC(=O)N1CCC2CCCC=C2C1)C1CCCCC1. The third-order valence-electron chi connectivity index (χ3n) is 6.34. The van der Waals surface area contributed by atoms with Crippen molar-refractivity contribution in [1.82, 2.24) is 9.80 Å². The second kappa shape index (κ2) is 9.82. The average Bonchev–Trinajstić information content (AvgIpc) is 2.70. The number of hydrogen-bond acceptors (Lipinski definition) is 3. The van der Waals surface area contributed by atoms with Gasteiger partial charge in [0.05, 0.1) is 0 Å². The van der Waals surface area contributed by atoms with E-state index in [1.165, 1.54) is 55.9 Å². The molecule has 2 amide bonds. The van der Waals surface area contributed by atoms with Crippen molar-refractivity contribution in [2.75, 3.05) is 25.9 Å². The summed E-state index contributed by atoms with van der Waals surface area (Å²) in [6.07, 6.45) is 14.8. The number of thioether (sulfide) groups is 1. The molecule has 1 heterocycles. The standard InChI is InChI=1S/C21H34N2O2S/c1-22(19-10-3-2-4-11-19)20(24)12-7-15-26-21(25)23-14-13-17-8-5-6-9-18(17)16-23/h9,17,19H,2-8,10-16H2,1H3. The van der Waals surface area contributed by atoms with Crippen LogP contribution in [0.1, 0.15) is 70.6 Å². The molecule has 3 aliphatic rings. The fourth-order valence-corrected chi connectivity index (χ4v) is 5.42. The molecule has 3 rings (SSSR count). The molecule has 0 aromatic heterocycles. The summed E-state index contributed by atoms with van der Waals surface area (Å²) in [6, 6.07) is 0.440. The number of carbonyl (C=O) groups is 2. The number of carbonyl (C=O) groups excluding carboxylic acids is 2. The summed E-state index contributed by atoms with van der Waals surface area (Å²) in [7, 11) is 1.96. The normalized spacial score (nSPS) is 24.0. The average molecular weight is 379 g/mol. The molecule has 2 aliphatic carbocycles. The summed E-state index contributed by atoms with van der Waals surface area (Å²) in [6.45, 7) is 1.73. The van der Waals surface area contributed by atoms with E-state index in [9.17, 15) is 9.59 Å². The predicted octanol–water partition coefficient (Wildman–Crippen LogP) is 4.84. The van der Waals surface area contributed by atoms with E-state index in [1.807, 2.05) is 16.8 Å². The highest BCUT2D eigenvalue weighted by Crippen LogP contribution is 2.33. The minimum atomic E-state index is 0.197. The summed E-state index contributed by atoms with van der Waals surface area (Å²) >= 11 is 1.40. The molecule has 26 heavy (non-hydrogen) atoms. The number of allylic oxidation sites excluding steroid dienone is 1. The molecule has 1 unspecified atom stereocenters. The molecule has 2 fully saturated rings. The predicted molar refractivity (Wildman–Crippen MR) is 108 cm³/mol. The van der Waals surface area contributed by atoms with Crippen molar-refractivity contribution in [2.45, 2.75) is 76.7 Å². The molecule has 0 radical (unpaired) electrons. The van der Waals surface area contributed by atoms with Gasteiger partial charge in [-0.25, -0.2) is 0 Å². The second-order valence-corrected chi connectivity index (χ2v) is 9.18. The van der Waals surface area contributed by atoms with Crippen LogP contribution < -0.4 is 0 Å². The van der Waals surface area contributed by atoms with E-state index in [0.717, 1.165) is 50.4 Å². The fraction of sp³-hybridized carbons (Fsp3) is 0.810. The Labute approximate surface area is 162 Å². The Morgan fingerprint density at radius 3 is 2.77 bits per heavy atom. The number of rotatable bonds is 5. The minimum absolute atomic E-state index is 0.197. The first kappa shape index (κ1) is 19.8. The van der Waals surface area contributed by atoms with E-state index in [1.54, 1.807) is 0 Å². The van der Waals surface area contributed by atoms with Gasteiger partial charge >= 0.3 is 0 Å². The molecule has 0 N–H and O–H groups in total. The van der Waals surface area contributed by atoms with Crippen LogP contribution in [-0.4, -0.2) is 52.9 Å². The Balaban J connectivity index is 1.33. The smallest absolute Gasteiger partial charge is 0.281 e. The molecule has 0 aromatic rings. The van der Waals surface area contributed by atoms with Gasteiger partial charge in [0, 0.05) is 38.4 Å². The molecule has 5 heteroatoms. The first-order valence-corrected chi connectivity index (χ1v) is 11.5. The van der Waals surface area contributed by atoms with Gasteiger partial charge in [-0.3, -0.25) is 9.59 Å². The molecule has 0 spiro atoms. The van der Waals surface area contributed by atoms with Crippen LogP contribution in [0.5, 0.6) is 0 Å². The van der Waals surface area contributed by atoms with Gasteiger partial charge in [-0.1, -0.05) is 42.7 Å². The fourth-order valence-electron chi connectivity index (χ4n) is 4.62. The molecule has 1 saturated carbocycles. The van der Waals surface area contributed by atoms with Gasteiger partial charge in [0.2, 0.25) is 5.91 Å². The zero-order valence-corrected chi connectivity index (χ0v) is 17.1. The first-order valence-electron chi connectivity index (χ1n) is 10.5. The Kier molecular flexibility index (Phi) is 7.47. The highest BCUT2D eigenvalue weighted by atomic mass is 32.2. The van der Waals surface area contributed by atoms with Crippen molar-refractivity contribution >= 4 is 22.9 Å². The van der Waals surface area contributed by atoms with Gasteiger partial charge < -0.3 is 9.80 Å². The maximum atomic E-state index is 12.5. The van der Waals surface area contributed by atoms with Crippen LogP contribution in [0.2, 0.25) is 0 Å². The molecule has 0 bridgehead atoms. The molecular formula is C21H34N2O2S. The van der Waals surface area contributed by atoms with E-state index in [0.29, 0.717) is 12.5 Å². The Morgan fingerprint density at radius 1 is 1.15 bits per heavy atom. The molecule has 146 valence electrons. The number of nitrogens with zero attached hydrogens (tertiary/aromatic N) is 2. The van der Waals surface area contributed by atoms with Crippen molar-refractivity contribution in [3.05, 3.63) is 11.6 Å². The van der Waals surface area contributed by atoms with Gasteiger partial charge in [0.25, 0.3) is 5.24 Å². The number of likely N-dealkylation sites (tertiary alicyclic amines) is 1. The second-order valence-electron chi connectivity index (χ2n) is 8.13. The van der Waals surface area contributed by atoms with Crippen LogP contribution in [0.3, 0.4) is 0 Å². The van der Waals surface area contributed by atoms with E-state index in [-0.39, 0.29) is 11.1 Å². The Hall–Kier alpha value is -0.970. The van der Waals surface area contributed by atoms with Crippen LogP contribution in [-0.2, 0) is 4.79 Å². The van der Waals surface area contributed by atoms with Crippen molar-refractivity contribution in [3.63, 3.8) is 0 Å². The van der Waals surface area contributed by atoms with Gasteiger partial charge in [-0.15, -0.1) is 0 Å². The molecule has 4 nitrogen and oxygen atoms in total. The number of hydrogen-bond donors (Lipinski definition) is 0. The molecule has 1 aliphatic heterocycles. The quantitative estimate of drug-likeness (QED) is 0.507. The van der Waals surface area contributed by atoms with Crippen molar-refractivity contribution < 1.29 is 9.59 Å². The van der Waals surface area contributed by atoms with Gasteiger partial charge in [-0.05, 0) is 50.9 Å². The van der Waals surface area contributed by atoms with Gasteiger partial charge in [-0.2, -0.15) is 0 Å². The van der Waals surface area contributed by atoms with Crippen molar-refractivity contribution in [3.8, 4) is 0 Å². The minimum Gasteiger partial charge on any atom is -0.343 e. The lowest BCUT2D eigenvalue weighted by Gasteiger charge is -2.36. The lowest BCUT2D eigenvalue weighted by molar-refractivity contribution is -0.132. The van der Waals surface area contributed by atoms with Crippen LogP contribution in [0.4, 0.5) is 4.79 Å². The number of amides is 2. The summed E-state index contributed by atoms with van der Waals surface area (Å²) in [4.78, 5) is 28.8. The Bertz CT molecular complexity index is 528. The van der Waals surface area contributed by atoms with E-state index in [2.05, 4.69) is 6.08 Å². The van der Waals surface area contributed by atoms with Gasteiger partial charge in [0.15, 0.2) is 0 Å². The van der Waals surface area contributed by atoms with Crippen LogP contribution in [0.15, 0.2) is 11.6 Å². The zero-order chi connectivity index (χ0) is 18.4. The summed E-state index contributed by atoms with van der Waals surface area (Å²) in [5.41, 5.74) is 1.49. The maximum Gasteiger partial charge on any atom is 0.281 e. The summed E-state index contributed by atoms with van der Waals surface area (Å²) in [5, 5.41) is 0.197. The molecular weight excluding hydrogens is 344 g/mol. The lowest BCUT2D eigenvalue weighted by atomic mass is 9.83. The summed E-state index contributed by atoms with van der Waals surface area (Å²) in [5.74, 6) is 1.73. The molecule has 1 atom stereocenters.